The Morgan fingerprint density at radius 3 is 2.16 bits per heavy atom. The van der Waals surface area contributed by atoms with Gasteiger partial charge in [-0.2, -0.15) is 0 Å². The number of carbonyl (C=O) groups excluding carboxylic acids is 3. The average Bonchev–Trinajstić information content (AvgIpc) is 2.38. The lowest BCUT2D eigenvalue weighted by Gasteiger charge is -2.34. The fourth-order valence-corrected chi connectivity index (χ4v) is 1.67. The van der Waals surface area contributed by atoms with Gasteiger partial charge in [-0.05, 0) is 6.92 Å². The summed E-state index contributed by atoms with van der Waals surface area (Å²) < 4.78 is 9.52. The Labute approximate surface area is 110 Å². The summed E-state index contributed by atoms with van der Waals surface area (Å²) in [7, 11) is 0. The average molecular weight is 273 g/mol. The quantitative estimate of drug-likeness (QED) is 0.577. The zero-order chi connectivity index (χ0) is 14.3. The Bertz CT molecular complexity index is 338. The van der Waals surface area contributed by atoms with Crippen LogP contribution in [0.1, 0.15) is 6.92 Å². The Kier molecular flexibility index (Phi) is 6.07. The highest BCUT2D eigenvalue weighted by Crippen LogP contribution is 2.04. The SMILES string of the molecule is CCOC(=O)N1CCN(C(=O)COCC(=O)[O-])CC1. The van der Waals surface area contributed by atoms with Crippen LogP contribution in [0, 0.1) is 0 Å². The number of amides is 2. The van der Waals surface area contributed by atoms with Crippen molar-refractivity contribution in [3.05, 3.63) is 0 Å². The van der Waals surface area contributed by atoms with Gasteiger partial charge in [-0.25, -0.2) is 4.79 Å². The summed E-state index contributed by atoms with van der Waals surface area (Å²) in [6.45, 7) is 2.69. The molecule has 8 nitrogen and oxygen atoms in total. The molecule has 108 valence electrons. The van der Waals surface area contributed by atoms with Gasteiger partial charge in [-0.1, -0.05) is 0 Å². The molecule has 0 spiro atoms. The third-order valence-corrected chi connectivity index (χ3v) is 2.60. The van der Waals surface area contributed by atoms with Gasteiger partial charge in [0.25, 0.3) is 0 Å². The third kappa shape index (κ3) is 5.12. The first kappa shape index (κ1) is 15.2. The topological polar surface area (TPSA) is 99.2 Å². The van der Waals surface area contributed by atoms with E-state index in [1.165, 1.54) is 9.80 Å². The van der Waals surface area contributed by atoms with Crippen molar-refractivity contribution in [3.8, 4) is 0 Å². The minimum absolute atomic E-state index is 0.298. The number of ether oxygens (including phenoxy) is 2. The van der Waals surface area contributed by atoms with Crippen LogP contribution in [0.3, 0.4) is 0 Å². The fraction of sp³-hybridized carbons (Fsp3) is 0.727. The highest BCUT2D eigenvalue weighted by atomic mass is 16.6. The van der Waals surface area contributed by atoms with Gasteiger partial charge >= 0.3 is 6.09 Å². The number of rotatable bonds is 5. The Hall–Kier alpha value is -1.83. The molecule has 1 rings (SSSR count). The molecule has 0 unspecified atom stereocenters. The molecule has 0 aromatic heterocycles. The standard InChI is InChI=1S/C11H18N2O6/c1-2-19-11(17)13-5-3-12(4-6-13)9(14)7-18-8-10(15)16/h2-8H2,1H3,(H,15,16)/p-1. The summed E-state index contributed by atoms with van der Waals surface area (Å²) >= 11 is 0. The van der Waals surface area contributed by atoms with E-state index < -0.39 is 12.6 Å². The Morgan fingerprint density at radius 1 is 1.05 bits per heavy atom. The molecule has 0 aliphatic carbocycles. The lowest BCUT2D eigenvalue weighted by molar-refractivity contribution is -0.309. The molecule has 0 radical (unpaired) electrons. The van der Waals surface area contributed by atoms with Crippen molar-refractivity contribution in [2.75, 3.05) is 46.0 Å². The Balaban J connectivity index is 2.27. The van der Waals surface area contributed by atoms with Gasteiger partial charge in [0.1, 0.15) is 6.61 Å². The number of hydrogen-bond acceptors (Lipinski definition) is 6. The third-order valence-electron chi connectivity index (χ3n) is 2.60. The lowest BCUT2D eigenvalue weighted by atomic mass is 10.3. The van der Waals surface area contributed by atoms with E-state index in [1.54, 1.807) is 6.92 Å². The second-order valence-corrected chi connectivity index (χ2v) is 3.93. The van der Waals surface area contributed by atoms with E-state index in [2.05, 4.69) is 4.74 Å². The molecule has 8 heteroatoms. The number of aliphatic carboxylic acids is 1. The molecule has 0 atom stereocenters. The first-order chi connectivity index (χ1) is 9.04. The highest BCUT2D eigenvalue weighted by Gasteiger charge is 2.24. The predicted molar refractivity (Wildman–Crippen MR) is 61.0 cm³/mol. The van der Waals surface area contributed by atoms with Crippen molar-refractivity contribution >= 4 is 18.0 Å². The van der Waals surface area contributed by atoms with E-state index in [0.717, 1.165) is 0 Å². The monoisotopic (exact) mass is 273 g/mol. The number of carbonyl (C=O) groups is 3. The molecule has 2 amide bonds. The van der Waals surface area contributed by atoms with E-state index >= 15 is 0 Å². The van der Waals surface area contributed by atoms with Crippen molar-refractivity contribution in [2.45, 2.75) is 6.92 Å². The number of carboxylic acids is 1. The smallest absolute Gasteiger partial charge is 0.409 e. The molecule has 1 fully saturated rings. The molecule has 0 N–H and O–H groups in total. The van der Waals surface area contributed by atoms with E-state index in [0.29, 0.717) is 32.8 Å². The van der Waals surface area contributed by atoms with Gasteiger partial charge in [0, 0.05) is 26.2 Å². The molecule has 0 bridgehead atoms. The van der Waals surface area contributed by atoms with Gasteiger partial charge in [-0.15, -0.1) is 0 Å². The van der Waals surface area contributed by atoms with Crippen LogP contribution in [0.25, 0.3) is 0 Å². The molecular formula is C11H17N2O6-. The van der Waals surface area contributed by atoms with Gasteiger partial charge in [-0.3, -0.25) is 4.79 Å². The molecule has 19 heavy (non-hydrogen) atoms. The minimum Gasteiger partial charge on any atom is -0.548 e. The van der Waals surface area contributed by atoms with Crippen LogP contribution in [-0.2, 0) is 19.1 Å². The summed E-state index contributed by atoms with van der Waals surface area (Å²) in [6.07, 6.45) is -0.386. The van der Waals surface area contributed by atoms with Crippen LogP contribution in [0.4, 0.5) is 4.79 Å². The maximum Gasteiger partial charge on any atom is 0.409 e. The molecule has 1 saturated heterocycles. The maximum absolute atomic E-state index is 11.6. The van der Waals surface area contributed by atoms with E-state index in [4.69, 9.17) is 4.74 Å². The Morgan fingerprint density at radius 2 is 1.63 bits per heavy atom. The molecule has 1 aliphatic heterocycles. The molecule has 0 aromatic carbocycles. The van der Waals surface area contributed by atoms with Crippen LogP contribution in [0.15, 0.2) is 0 Å². The first-order valence-electron chi connectivity index (χ1n) is 6.01. The van der Waals surface area contributed by atoms with Crippen molar-refractivity contribution < 1.29 is 29.0 Å². The van der Waals surface area contributed by atoms with Crippen molar-refractivity contribution in [3.63, 3.8) is 0 Å². The molecule has 1 heterocycles. The summed E-state index contributed by atoms with van der Waals surface area (Å²) in [5.41, 5.74) is 0. The lowest BCUT2D eigenvalue weighted by Crippen LogP contribution is -2.51. The highest BCUT2D eigenvalue weighted by molar-refractivity contribution is 5.78. The van der Waals surface area contributed by atoms with Crippen LogP contribution in [-0.4, -0.2) is 73.8 Å². The van der Waals surface area contributed by atoms with E-state index in [9.17, 15) is 19.5 Å². The molecule has 0 aromatic rings. The first-order valence-corrected chi connectivity index (χ1v) is 6.01. The van der Waals surface area contributed by atoms with Gasteiger partial charge in [0.2, 0.25) is 5.91 Å². The summed E-state index contributed by atoms with van der Waals surface area (Å²) in [6, 6.07) is 0. The zero-order valence-electron chi connectivity index (χ0n) is 10.8. The summed E-state index contributed by atoms with van der Waals surface area (Å²) in [5, 5.41) is 10.1. The van der Waals surface area contributed by atoms with Crippen LogP contribution < -0.4 is 5.11 Å². The largest absolute Gasteiger partial charge is 0.548 e. The molecule has 0 saturated carbocycles. The van der Waals surface area contributed by atoms with Crippen molar-refractivity contribution in [1.82, 2.24) is 9.80 Å². The summed E-state index contributed by atoms with van der Waals surface area (Å²) in [5.74, 6) is -1.66. The van der Waals surface area contributed by atoms with Gasteiger partial charge in [0.05, 0.1) is 19.2 Å². The molecule has 1 aliphatic rings. The van der Waals surface area contributed by atoms with Crippen molar-refractivity contribution in [1.29, 1.82) is 0 Å². The number of piperazine rings is 1. The van der Waals surface area contributed by atoms with Crippen LogP contribution >= 0.6 is 0 Å². The second-order valence-electron chi connectivity index (χ2n) is 3.93. The number of nitrogens with zero attached hydrogens (tertiary/aromatic N) is 2. The normalized spacial score (nSPS) is 15.2. The van der Waals surface area contributed by atoms with E-state index in [-0.39, 0.29) is 18.6 Å². The zero-order valence-corrected chi connectivity index (χ0v) is 10.8. The summed E-state index contributed by atoms with van der Waals surface area (Å²) in [4.78, 5) is 36.2. The predicted octanol–water partition coefficient (Wildman–Crippen LogP) is -1.95. The van der Waals surface area contributed by atoms with E-state index in [1.807, 2.05) is 0 Å². The number of carboxylic acid groups (broad SMARTS) is 1. The minimum atomic E-state index is -1.36. The van der Waals surface area contributed by atoms with Gasteiger partial charge < -0.3 is 29.2 Å². The second kappa shape index (κ2) is 7.57. The number of hydrogen-bond donors (Lipinski definition) is 0. The van der Waals surface area contributed by atoms with Crippen LogP contribution in [0.2, 0.25) is 0 Å². The molecular weight excluding hydrogens is 256 g/mol. The van der Waals surface area contributed by atoms with Crippen LogP contribution in [0.5, 0.6) is 0 Å². The van der Waals surface area contributed by atoms with Crippen molar-refractivity contribution in [2.24, 2.45) is 0 Å². The fourth-order valence-electron chi connectivity index (χ4n) is 1.67. The van der Waals surface area contributed by atoms with Gasteiger partial charge in [0.15, 0.2) is 0 Å². The maximum atomic E-state index is 11.6.